The van der Waals surface area contributed by atoms with Crippen molar-refractivity contribution < 1.29 is 19.1 Å². The van der Waals surface area contributed by atoms with E-state index in [0.717, 1.165) is 47.4 Å². The summed E-state index contributed by atoms with van der Waals surface area (Å²) in [5, 5.41) is 12.6. The Balaban J connectivity index is 1.46. The van der Waals surface area contributed by atoms with Crippen molar-refractivity contribution in [1.82, 2.24) is 14.0 Å². The fourth-order valence-electron chi connectivity index (χ4n) is 5.45. The number of aromatic nitrogens is 3. The Hall–Kier alpha value is -4.77. The highest BCUT2D eigenvalue weighted by Crippen LogP contribution is 2.38. The molecule has 4 aromatic heterocycles. The molecule has 10 nitrogen and oxygen atoms in total. The first kappa shape index (κ1) is 27.4. The predicted molar refractivity (Wildman–Crippen MR) is 160 cm³/mol. The molecule has 0 radical (unpaired) electrons. The van der Waals surface area contributed by atoms with Crippen LogP contribution in [0.1, 0.15) is 49.6 Å². The number of carbonyl (C=O) groups is 2. The highest BCUT2D eigenvalue weighted by atomic mass is 32.1. The van der Waals surface area contributed by atoms with Gasteiger partial charge in [0.2, 0.25) is 0 Å². The van der Waals surface area contributed by atoms with Crippen LogP contribution in [-0.2, 0) is 30.5 Å². The van der Waals surface area contributed by atoms with Crippen molar-refractivity contribution in [2.24, 2.45) is 0 Å². The molecule has 0 saturated carbocycles. The summed E-state index contributed by atoms with van der Waals surface area (Å²) in [6.45, 7) is 0.305. The van der Waals surface area contributed by atoms with Crippen LogP contribution in [0.5, 0.6) is 5.75 Å². The van der Waals surface area contributed by atoms with Crippen molar-refractivity contribution in [3.63, 3.8) is 0 Å². The van der Waals surface area contributed by atoms with Crippen molar-refractivity contribution >= 4 is 44.9 Å². The molecule has 5 aromatic rings. The summed E-state index contributed by atoms with van der Waals surface area (Å²) in [7, 11) is 2.93. The minimum absolute atomic E-state index is 0.00852. The molecule has 0 fully saturated rings. The number of fused-ring (bicyclic) bond motifs is 3. The van der Waals surface area contributed by atoms with Crippen LogP contribution in [-0.4, -0.2) is 40.0 Å². The highest BCUT2D eigenvalue weighted by Gasteiger charge is 2.28. The van der Waals surface area contributed by atoms with E-state index in [-0.39, 0.29) is 22.0 Å². The quantitative estimate of drug-likeness (QED) is 0.217. The molecule has 4 heterocycles. The van der Waals surface area contributed by atoms with Crippen molar-refractivity contribution in [2.75, 3.05) is 19.5 Å². The van der Waals surface area contributed by atoms with Gasteiger partial charge in [-0.05, 0) is 73.6 Å². The molecule has 0 saturated heterocycles. The second kappa shape index (κ2) is 11.2. The van der Waals surface area contributed by atoms with E-state index in [9.17, 15) is 14.4 Å². The number of thiophene rings is 1. The van der Waals surface area contributed by atoms with E-state index in [0.29, 0.717) is 34.8 Å². The van der Waals surface area contributed by atoms with E-state index in [1.54, 1.807) is 36.1 Å². The van der Waals surface area contributed by atoms with E-state index in [2.05, 4.69) is 5.32 Å². The van der Waals surface area contributed by atoms with Crippen LogP contribution in [0, 0.1) is 5.41 Å². The molecule has 42 heavy (non-hydrogen) atoms. The van der Waals surface area contributed by atoms with E-state index < -0.39 is 11.9 Å². The Bertz CT molecular complexity index is 1970. The normalized spacial score (nSPS) is 12.7. The van der Waals surface area contributed by atoms with Gasteiger partial charge in [0.05, 0.1) is 30.7 Å². The summed E-state index contributed by atoms with van der Waals surface area (Å²) in [6, 6.07) is 14.3. The van der Waals surface area contributed by atoms with Crippen LogP contribution in [0.25, 0.3) is 16.7 Å². The molecule has 0 spiro atoms. The van der Waals surface area contributed by atoms with Gasteiger partial charge in [-0.2, -0.15) is 0 Å². The predicted octanol–water partition coefficient (Wildman–Crippen LogP) is 4.36. The standard InChI is InChI=1S/C31H29N5O5S/c1-40-19-12-10-18(11-13-19)14-16-36-26(32)21(17-22-27(36)33-24-9-5-6-15-35(24)30(22)38)28(37)34-29-25(31(39)41-2)20-7-3-4-8-23(20)42-29/h5-6,9-13,15,17,32H,3-4,7-8,14,16H2,1-2H3,(H,34,37). The molecule has 11 heteroatoms. The Kier molecular flexibility index (Phi) is 7.34. The molecule has 6 rings (SSSR count). The Labute approximate surface area is 244 Å². The topological polar surface area (TPSA) is 128 Å². The second-order valence-electron chi connectivity index (χ2n) is 10.1. The van der Waals surface area contributed by atoms with Gasteiger partial charge >= 0.3 is 5.97 Å². The van der Waals surface area contributed by atoms with Gasteiger partial charge < -0.3 is 19.4 Å². The number of nitrogens with zero attached hydrogens (tertiary/aromatic N) is 3. The smallest absolute Gasteiger partial charge is 0.341 e. The van der Waals surface area contributed by atoms with Crippen LogP contribution in [0.2, 0.25) is 0 Å². The molecule has 2 N–H and O–H groups in total. The van der Waals surface area contributed by atoms with E-state index in [4.69, 9.17) is 19.9 Å². The molecule has 0 unspecified atom stereocenters. The SMILES string of the molecule is COC(=O)c1c(NC(=O)c2cc3c(=O)n4ccccc4nc3n(CCc3ccc(OC)cc3)c2=N)sc2c1CCCC2. The zero-order valence-electron chi connectivity index (χ0n) is 23.2. The van der Waals surface area contributed by atoms with Gasteiger partial charge in [-0.15, -0.1) is 11.3 Å². The summed E-state index contributed by atoms with van der Waals surface area (Å²) in [6.07, 6.45) is 5.70. The first-order chi connectivity index (χ1) is 20.4. The van der Waals surface area contributed by atoms with E-state index in [1.807, 2.05) is 24.3 Å². The Morgan fingerprint density at radius 3 is 2.64 bits per heavy atom. The maximum atomic E-state index is 13.8. The zero-order valence-corrected chi connectivity index (χ0v) is 24.0. The number of aryl methyl sites for hydroxylation is 3. The van der Waals surface area contributed by atoms with Crippen LogP contribution >= 0.6 is 11.3 Å². The molecular weight excluding hydrogens is 554 g/mol. The van der Waals surface area contributed by atoms with Gasteiger partial charge in [0, 0.05) is 17.6 Å². The van der Waals surface area contributed by atoms with Crippen molar-refractivity contribution in [2.45, 2.75) is 38.6 Å². The van der Waals surface area contributed by atoms with Crippen LogP contribution < -0.4 is 21.1 Å². The summed E-state index contributed by atoms with van der Waals surface area (Å²) >= 11 is 1.37. The van der Waals surface area contributed by atoms with Gasteiger partial charge in [0.1, 0.15) is 27.5 Å². The Morgan fingerprint density at radius 2 is 1.88 bits per heavy atom. The monoisotopic (exact) mass is 583 g/mol. The lowest BCUT2D eigenvalue weighted by molar-refractivity contribution is 0.0601. The fourth-order valence-corrected chi connectivity index (χ4v) is 6.73. The number of amides is 1. The van der Waals surface area contributed by atoms with E-state index >= 15 is 0 Å². The number of esters is 1. The number of nitrogens with one attached hydrogen (secondary N) is 2. The van der Waals surface area contributed by atoms with Crippen LogP contribution in [0.15, 0.2) is 59.5 Å². The number of ether oxygens (including phenoxy) is 2. The van der Waals surface area contributed by atoms with Crippen molar-refractivity contribution in [3.05, 3.63) is 97.7 Å². The number of hydrogen-bond acceptors (Lipinski definition) is 8. The van der Waals surface area contributed by atoms with Gasteiger partial charge in [0.25, 0.3) is 11.5 Å². The first-order valence-electron chi connectivity index (χ1n) is 13.7. The summed E-state index contributed by atoms with van der Waals surface area (Å²) in [5.74, 6) is -0.348. The number of anilines is 1. The third-order valence-electron chi connectivity index (χ3n) is 7.63. The van der Waals surface area contributed by atoms with Gasteiger partial charge in [0.15, 0.2) is 0 Å². The number of hydrogen-bond donors (Lipinski definition) is 2. The average molecular weight is 584 g/mol. The fraction of sp³-hybridized carbons (Fsp3) is 0.258. The first-order valence-corrected chi connectivity index (χ1v) is 14.5. The lowest BCUT2D eigenvalue weighted by Gasteiger charge is -2.15. The minimum atomic E-state index is -0.582. The number of carbonyl (C=O) groups excluding carboxylic acids is 2. The zero-order chi connectivity index (χ0) is 29.4. The minimum Gasteiger partial charge on any atom is -0.497 e. The highest BCUT2D eigenvalue weighted by molar-refractivity contribution is 7.17. The van der Waals surface area contributed by atoms with Gasteiger partial charge in [-0.1, -0.05) is 18.2 Å². The largest absolute Gasteiger partial charge is 0.497 e. The number of pyridine rings is 2. The lowest BCUT2D eigenvalue weighted by atomic mass is 9.95. The summed E-state index contributed by atoms with van der Waals surface area (Å²) in [5.41, 5.74) is 2.63. The van der Waals surface area contributed by atoms with Crippen LogP contribution in [0.4, 0.5) is 5.00 Å². The molecule has 214 valence electrons. The number of methoxy groups -OCH3 is 2. The van der Waals surface area contributed by atoms with E-state index in [1.165, 1.54) is 28.9 Å². The molecule has 1 aliphatic carbocycles. The summed E-state index contributed by atoms with van der Waals surface area (Å²) < 4.78 is 13.3. The molecule has 0 bridgehead atoms. The molecule has 1 aromatic carbocycles. The van der Waals surface area contributed by atoms with Gasteiger partial charge in [-0.3, -0.25) is 19.4 Å². The van der Waals surface area contributed by atoms with Gasteiger partial charge in [-0.25, -0.2) is 9.78 Å². The molecule has 0 atom stereocenters. The lowest BCUT2D eigenvalue weighted by Crippen LogP contribution is -2.32. The van der Waals surface area contributed by atoms with Crippen molar-refractivity contribution in [3.8, 4) is 5.75 Å². The molecular formula is C31H29N5O5S. The third kappa shape index (κ3) is 4.85. The number of benzene rings is 1. The second-order valence-corrected chi connectivity index (χ2v) is 11.2. The summed E-state index contributed by atoms with van der Waals surface area (Å²) in [4.78, 5) is 45.9. The third-order valence-corrected chi connectivity index (χ3v) is 8.84. The molecule has 1 aliphatic rings. The maximum Gasteiger partial charge on any atom is 0.341 e. The number of rotatable bonds is 7. The van der Waals surface area contributed by atoms with Crippen LogP contribution in [0.3, 0.4) is 0 Å². The molecule has 1 amide bonds. The maximum absolute atomic E-state index is 13.8. The molecule has 0 aliphatic heterocycles. The average Bonchev–Trinajstić information content (AvgIpc) is 3.38. The Morgan fingerprint density at radius 1 is 1.10 bits per heavy atom. The van der Waals surface area contributed by atoms with Crippen molar-refractivity contribution in [1.29, 1.82) is 5.41 Å².